The molecule has 3 aromatic rings. The van der Waals surface area contributed by atoms with Crippen molar-refractivity contribution in [2.75, 3.05) is 39.6 Å². The Hall–Kier alpha value is -3.60. The van der Waals surface area contributed by atoms with Crippen LogP contribution in [0.2, 0.25) is 0 Å². The molecule has 5 rings (SSSR count). The Balaban J connectivity index is 1.45. The molecule has 0 bridgehead atoms. The highest BCUT2D eigenvalue weighted by Crippen LogP contribution is 2.52. The Morgan fingerprint density at radius 1 is 0.492 bits per heavy atom. The molecule has 5 heterocycles. The lowest BCUT2D eigenvalue weighted by molar-refractivity contribution is 0.0499. The monoisotopic (exact) mass is 839 g/mol. The van der Waals surface area contributed by atoms with Gasteiger partial charge in [0.25, 0.3) is 0 Å². The second-order valence-corrected chi connectivity index (χ2v) is 17.2. The number of carbonyl (C=O) groups is 2. The normalized spacial score (nSPS) is 13.6. The molecule has 0 spiro atoms. The van der Waals surface area contributed by atoms with E-state index in [0.717, 1.165) is 59.7 Å². The van der Waals surface area contributed by atoms with Gasteiger partial charge in [0.15, 0.2) is 34.4 Å². The van der Waals surface area contributed by atoms with Gasteiger partial charge in [0.1, 0.15) is 11.4 Å². The third-order valence-electron chi connectivity index (χ3n) is 11.4. The number of hydrogen-bond donors (Lipinski definition) is 0. The van der Waals surface area contributed by atoms with Crippen molar-refractivity contribution in [1.29, 1.82) is 0 Å². The van der Waals surface area contributed by atoms with Crippen LogP contribution < -0.4 is 18.9 Å². The minimum absolute atomic E-state index is 0.266. The van der Waals surface area contributed by atoms with Crippen molar-refractivity contribution in [2.45, 2.75) is 182 Å². The van der Waals surface area contributed by atoms with Crippen LogP contribution in [-0.2, 0) is 22.6 Å². The van der Waals surface area contributed by atoms with Gasteiger partial charge in [-0.15, -0.1) is 11.3 Å². The largest absolute Gasteiger partial charge is 0.487 e. The summed E-state index contributed by atoms with van der Waals surface area (Å²) in [7, 11) is 0. The molecule has 0 amide bonds. The first-order chi connectivity index (χ1) is 29.0. The first-order valence-corrected chi connectivity index (χ1v) is 24.4. The summed E-state index contributed by atoms with van der Waals surface area (Å²) in [6.45, 7) is 11.9. The van der Waals surface area contributed by atoms with Crippen LogP contribution in [-0.4, -0.2) is 60.7 Å². The van der Waals surface area contributed by atoms with Gasteiger partial charge in [0.2, 0.25) is 0 Å². The predicted molar refractivity (Wildman–Crippen MR) is 238 cm³/mol. The molecule has 0 fully saturated rings. The number of hydrogen-bond acceptors (Lipinski definition) is 9. The number of esters is 2. The van der Waals surface area contributed by atoms with E-state index in [4.69, 9.17) is 28.4 Å². The molecule has 0 saturated carbocycles. The van der Waals surface area contributed by atoms with E-state index in [0.29, 0.717) is 73.9 Å². The summed E-state index contributed by atoms with van der Waals surface area (Å²) in [5.41, 5.74) is 2.51. The molecular formula is C48H74N2O8S. The number of unbranched alkanes of at least 4 members (excludes halogenated alkanes) is 18. The van der Waals surface area contributed by atoms with Crippen LogP contribution in [0.1, 0.15) is 190 Å². The molecule has 2 aliphatic rings. The van der Waals surface area contributed by atoms with E-state index in [2.05, 4.69) is 35.1 Å². The van der Waals surface area contributed by atoms with Crippen molar-refractivity contribution in [3.05, 3.63) is 23.5 Å². The molecule has 330 valence electrons. The average Bonchev–Trinajstić information content (AvgIpc) is 3.77. The maximum Gasteiger partial charge on any atom is 0.359 e. The average molecular weight is 839 g/mol. The zero-order valence-electron chi connectivity index (χ0n) is 36.9. The zero-order chi connectivity index (χ0) is 41.7. The Kier molecular flexibility index (Phi) is 20.4. The first kappa shape index (κ1) is 46.5. The Morgan fingerprint density at radius 3 is 1.15 bits per heavy atom. The smallest absolute Gasteiger partial charge is 0.359 e. The maximum absolute atomic E-state index is 13.7. The molecule has 3 aromatic heterocycles. The second kappa shape index (κ2) is 25.9. The summed E-state index contributed by atoms with van der Waals surface area (Å²) in [5, 5.41) is 0. The molecule has 2 aliphatic heterocycles. The first-order valence-electron chi connectivity index (χ1n) is 23.5. The van der Waals surface area contributed by atoms with Crippen LogP contribution in [0.25, 0.3) is 21.1 Å². The van der Waals surface area contributed by atoms with E-state index in [9.17, 15) is 9.59 Å². The Labute approximate surface area is 358 Å². The third-order valence-corrected chi connectivity index (χ3v) is 12.5. The third kappa shape index (κ3) is 12.9. The summed E-state index contributed by atoms with van der Waals surface area (Å²) in [6, 6.07) is 4.19. The van der Waals surface area contributed by atoms with Gasteiger partial charge in [0.05, 0.1) is 49.4 Å². The lowest BCUT2D eigenvalue weighted by atomic mass is 10.1. The number of aromatic nitrogens is 2. The van der Waals surface area contributed by atoms with Gasteiger partial charge in [0, 0.05) is 25.9 Å². The number of fused-ring (bicyclic) bond motifs is 2. The molecule has 0 radical (unpaired) electrons. The predicted octanol–water partition coefficient (Wildman–Crippen LogP) is 13.2. The van der Waals surface area contributed by atoms with Gasteiger partial charge in [-0.25, -0.2) is 9.59 Å². The van der Waals surface area contributed by atoms with Gasteiger partial charge in [-0.2, -0.15) is 0 Å². The van der Waals surface area contributed by atoms with Gasteiger partial charge in [-0.05, 0) is 38.8 Å². The fraction of sp³-hybridized carbons (Fsp3) is 0.708. The van der Waals surface area contributed by atoms with Gasteiger partial charge in [-0.3, -0.25) is 0 Å². The maximum atomic E-state index is 13.7. The lowest BCUT2D eigenvalue weighted by Crippen LogP contribution is -2.15. The molecule has 10 nitrogen and oxygen atoms in total. The van der Waals surface area contributed by atoms with Crippen molar-refractivity contribution >= 4 is 23.3 Å². The topological polar surface area (TPSA) is 99.4 Å². The van der Waals surface area contributed by atoms with Crippen LogP contribution in [0.4, 0.5) is 0 Å². The van der Waals surface area contributed by atoms with E-state index in [1.54, 1.807) is 11.3 Å². The van der Waals surface area contributed by atoms with E-state index in [1.807, 2.05) is 13.8 Å². The number of ether oxygens (including phenoxy) is 6. The van der Waals surface area contributed by atoms with Gasteiger partial charge < -0.3 is 37.6 Å². The SMILES string of the molecule is CCCCCCCCCCCCn1c(C(=O)OCC)c2c(c1-c1ccc(-c3c4c(c(C(=O)OCC)n3CCCCCCCCCCCC)OCCCO4)s1)OCCCO2. The molecule has 0 unspecified atom stereocenters. The van der Waals surface area contributed by atoms with Gasteiger partial charge in [-0.1, -0.05) is 129 Å². The molecule has 0 saturated heterocycles. The van der Waals surface area contributed by atoms with Crippen molar-refractivity contribution in [2.24, 2.45) is 0 Å². The Bertz CT molecular complexity index is 1590. The van der Waals surface area contributed by atoms with E-state index in [1.165, 1.54) is 103 Å². The van der Waals surface area contributed by atoms with Crippen molar-refractivity contribution in [3.63, 3.8) is 0 Å². The fourth-order valence-electron chi connectivity index (χ4n) is 8.34. The highest BCUT2D eigenvalue weighted by molar-refractivity contribution is 7.18. The zero-order valence-corrected chi connectivity index (χ0v) is 37.8. The van der Waals surface area contributed by atoms with Crippen molar-refractivity contribution in [3.8, 4) is 44.1 Å². The number of nitrogens with zero attached hydrogens (tertiary/aromatic N) is 2. The molecular weight excluding hydrogens is 765 g/mol. The van der Waals surface area contributed by atoms with Crippen molar-refractivity contribution in [1.82, 2.24) is 9.13 Å². The quantitative estimate of drug-likeness (QED) is 0.0526. The summed E-state index contributed by atoms with van der Waals surface area (Å²) in [4.78, 5) is 29.4. The van der Waals surface area contributed by atoms with E-state index < -0.39 is 11.9 Å². The molecule has 59 heavy (non-hydrogen) atoms. The molecule has 0 atom stereocenters. The molecule has 0 N–H and O–H groups in total. The van der Waals surface area contributed by atoms with Gasteiger partial charge >= 0.3 is 11.9 Å². The van der Waals surface area contributed by atoms with E-state index in [-0.39, 0.29) is 13.2 Å². The van der Waals surface area contributed by atoms with E-state index >= 15 is 0 Å². The molecule has 0 aromatic carbocycles. The Morgan fingerprint density at radius 2 is 0.814 bits per heavy atom. The number of carbonyl (C=O) groups excluding carboxylic acids is 2. The lowest BCUT2D eigenvalue weighted by Gasteiger charge is -2.14. The van der Waals surface area contributed by atoms with Crippen molar-refractivity contribution < 1.29 is 38.0 Å². The van der Waals surface area contributed by atoms with Crippen LogP contribution in [0.15, 0.2) is 12.1 Å². The molecule has 11 heteroatoms. The van der Waals surface area contributed by atoms with Crippen LogP contribution >= 0.6 is 11.3 Å². The minimum atomic E-state index is -0.398. The van der Waals surface area contributed by atoms with Crippen LogP contribution in [0.3, 0.4) is 0 Å². The fourth-order valence-corrected chi connectivity index (χ4v) is 9.45. The second-order valence-electron chi connectivity index (χ2n) is 16.1. The summed E-state index contributed by atoms with van der Waals surface area (Å²) >= 11 is 1.60. The highest BCUT2D eigenvalue weighted by atomic mass is 32.1. The highest BCUT2D eigenvalue weighted by Gasteiger charge is 2.36. The molecule has 0 aliphatic carbocycles. The van der Waals surface area contributed by atoms with Crippen LogP contribution in [0, 0.1) is 0 Å². The summed E-state index contributed by atoms with van der Waals surface area (Å²) in [6.07, 6.45) is 25.9. The summed E-state index contributed by atoms with van der Waals surface area (Å²) in [5.74, 6) is 1.33. The minimum Gasteiger partial charge on any atom is -0.487 e. The van der Waals surface area contributed by atoms with Crippen LogP contribution in [0.5, 0.6) is 23.0 Å². The standard InChI is InChI=1S/C48H74N2O8S/c1-5-9-11-13-15-17-19-21-23-25-31-49-39(43-45(57-35-27-33-55-43)41(49)47(51)53-7-3)37-29-30-38(59-37)40-44-46(58-36-28-34-56-44)42(48(52)54-8-4)50(40)32-26-24-22-20-18-16-14-12-10-6-2/h29-30H,5-28,31-36H2,1-4H3. The number of rotatable bonds is 28. The summed E-state index contributed by atoms with van der Waals surface area (Å²) < 4.78 is 41.0. The number of thiophene rings is 1.